The maximum Gasteiger partial charge on any atom is 0.328 e. The Balaban J connectivity index is 2.13. The van der Waals surface area contributed by atoms with Crippen molar-refractivity contribution in [3.63, 3.8) is 0 Å². The van der Waals surface area contributed by atoms with E-state index >= 15 is 0 Å². The summed E-state index contributed by atoms with van der Waals surface area (Å²) < 4.78 is 0. The summed E-state index contributed by atoms with van der Waals surface area (Å²) in [5.41, 5.74) is 1.22. The molecule has 0 saturated carbocycles. The van der Waals surface area contributed by atoms with Gasteiger partial charge in [0.2, 0.25) is 0 Å². The van der Waals surface area contributed by atoms with Crippen molar-refractivity contribution in [2.24, 2.45) is 0 Å². The Bertz CT molecular complexity index is 657. The van der Waals surface area contributed by atoms with Crippen LogP contribution in [0.15, 0.2) is 42.0 Å². The maximum atomic E-state index is 11.4. The van der Waals surface area contributed by atoms with Crippen molar-refractivity contribution in [3.05, 3.63) is 53.1 Å². The van der Waals surface area contributed by atoms with E-state index in [-0.39, 0.29) is 5.57 Å². The first kappa shape index (κ1) is 13.2. The zero-order chi connectivity index (χ0) is 14.5. The van der Waals surface area contributed by atoms with Crippen LogP contribution in [0.1, 0.15) is 11.1 Å². The smallest absolute Gasteiger partial charge is 0.273 e. The minimum atomic E-state index is -0.826. The minimum Gasteiger partial charge on any atom is -0.273 e. The Kier molecular flexibility index (Phi) is 3.72. The number of nitriles is 1. The highest BCUT2D eigenvalue weighted by Crippen LogP contribution is 2.07. The third kappa shape index (κ3) is 2.97. The second-order valence-corrected chi connectivity index (χ2v) is 3.91. The second kappa shape index (κ2) is 5.63. The Morgan fingerprint density at radius 3 is 2.15 bits per heavy atom. The molecule has 0 spiro atoms. The van der Waals surface area contributed by atoms with E-state index in [0.29, 0.717) is 5.56 Å². The predicted octanol–water partition coefficient (Wildman–Crippen LogP) is 0.864. The average Bonchev–Trinajstić information content (AvgIpc) is 2.42. The average molecular weight is 267 g/mol. The number of benzene rings is 1. The molecule has 0 bridgehead atoms. The Morgan fingerprint density at radius 1 is 1.00 bits per heavy atom. The van der Waals surface area contributed by atoms with Gasteiger partial charge in [-0.3, -0.25) is 20.2 Å². The monoisotopic (exact) mass is 267 g/mol. The number of rotatable bonds is 2. The third-order valence-electron chi connectivity index (χ3n) is 2.53. The number of amides is 4. The number of barbiturate groups is 1. The van der Waals surface area contributed by atoms with Crippen LogP contribution in [-0.2, 0) is 9.59 Å². The summed E-state index contributed by atoms with van der Waals surface area (Å²) in [7, 11) is 0. The second-order valence-electron chi connectivity index (χ2n) is 3.91. The SMILES string of the molecule is N#Cc1ccc(C=CC=C2C(=O)NC(=O)NC2=O)cc1. The number of carbonyl (C=O) groups is 3. The lowest BCUT2D eigenvalue weighted by Gasteiger charge is -2.12. The maximum absolute atomic E-state index is 11.4. The molecule has 1 fully saturated rings. The first-order valence-corrected chi connectivity index (χ1v) is 5.65. The molecule has 1 saturated heterocycles. The standard InChI is InChI=1S/C14H9N3O3/c15-8-10-6-4-9(5-7-10)2-1-3-11-12(18)16-14(20)17-13(11)19/h1-7H,(H2,16,17,18,19,20). The minimum absolute atomic E-state index is 0.144. The van der Waals surface area contributed by atoms with Gasteiger partial charge in [0, 0.05) is 0 Å². The van der Waals surface area contributed by atoms with Gasteiger partial charge in [-0.1, -0.05) is 24.3 Å². The van der Waals surface area contributed by atoms with Gasteiger partial charge in [-0.2, -0.15) is 5.26 Å². The van der Waals surface area contributed by atoms with E-state index in [0.717, 1.165) is 5.56 Å². The molecule has 6 nitrogen and oxygen atoms in total. The van der Waals surface area contributed by atoms with Crippen molar-refractivity contribution in [1.29, 1.82) is 5.26 Å². The van der Waals surface area contributed by atoms with Gasteiger partial charge in [-0.25, -0.2) is 4.79 Å². The third-order valence-corrected chi connectivity index (χ3v) is 2.53. The fourth-order valence-corrected chi connectivity index (χ4v) is 1.55. The van der Waals surface area contributed by atoms with Gasteiger partial charge in [0.25, 0.3) is 11.8 Å². The summed E-state index contributed by atoms with van der Waals surface area (Å²) in [4.78, 5) is 33.7. The lowest BCUT2D eigenvalue weighted by atomic mass is 10.1. The topological polar surface area (TPSA) is 99.1 Å². The summed E-state index contributed by atoms with van der Waals surface area (Å²) in [6.45, 7) is 0. The van der Waals surface area contributed by atoms with Gasteiger partial charge in [-0.05, 0) is 23.8 Å². The van der Waals surface area contributed by atoms with E-state index in [1.165, 1.54) is 12.2 Å². The highest BCUT2D eigenvalue weighted by atomic mass is 16.2. The summed E-state index contributed by atoms with van der Waals surface area (Å²) >= 11 is 0. The first-order chi connectivity index (χ1) is 9.60. The number of carbonyl (C=O) groups excluding carboxylic acids is 3. The molecule has 2 rings (SSSR count). The number of imide groups is 2. The molecule has 6 heteroatoms. The van der Waals surface area contributed by atoms with Gasteiger partial charge < -0.3 is 0 Å². The molecule has 1 heterocycles. The Hall–Kier alpha value is -3.20. The van der Waals surface area contributed by atoms with Crippen LogP contribution >= 0.6 is 0 Å². The first-order valence-electron chi connectivity index (χ1n) is 5.65. The van der Waals surface area contributed by atoms with Crippen LogP contribution in [0.25, 0.3) is 6.08 Å². The number of nitrogens with one attached hydrogen (secondary N) is 2. The molecule has 98 valence electrons. The highest BCUT2D eigenvalue weighted by Gasteiger charge is 2.26. The van der Waals surface area contributed by atoms with Gasteiger partial charge in [0.05, 0.1) is 11.6 Å². The van der Waals surface area contributed by atoms with Crippen molar-refractivity contribution in [3.8, 4) is 6.07 Å². The van der Waals surface area contributed by atoms with Gasteiger partial charge in [0.15, 0.2) is 0 Å². The molecule has 0 unspecified atom stereocenters. The van der Waals surface area contributed by atoms with Crippen molar-refractivity contribution in [2.75, 3.05) is 0 Å². The number of nitrogens with zero attached hydrogens (tertiary/aromatic N) is 1. The molecule has 0 radical (unpaired) electrons. The van der Waals surface area contributed by atoms with Crippen LogP contribution in [-0.4, -0.2) is 17.8 Å². The van der Waals surface area contributed by atoms with E-state index in [4.69, 9.17) is 5.26 Å². The van der Waals surface area contributed by atoms with Crippen molar-refractivity contribution < 1.29 is 14.4 Å². The molecule has 1 aliphatic rings. The summed E-state index contributed by atoms with van der Waals surface area (Å²) in [6, 6.07) is 7.96. The molecule has 1 aliphatic heterocycles. The fourth-order valence-electron chi connectivity index (χ4n) is 1.55. The molecular weight excluding hydrogens is 258 g/mol. The highest BCUT2D eigenvalue weighted by molar-refractivity contribution is 6.29. The van der Waals surface area contributed by atoms with Crippen LogP contribution in [0.3, 0.4) is 0 Å². The molecule has 2 N–H and O–H groups in total. The number of hydrogen-bond acceptors (Lipinski definition) is 4. The van der Waals surface area contributed by atoms with Crippen LogP contribution in [0.5, 0.6) is 0 Å². The number of allylic oxidation sites excluding steroid dienone is 2. The summed E-state index contributed by atoms with van der Waals surface area (Å²) in [6.07, 6.45) is 4.51. The van der Waals surface area contributed by atoms with Crippen LogP contribution < -0.4 is 10.6 Å². The zero-order valence-corrected chi connectivity index (χ0v) is 10.2. The van der Waals surface area contributed by atoms with Crippen molar-refractivity contribution in [2.45, 2.75) is 0 Å². The Morgan fingerprint density at radius 2 is 1.60 bits per heavy atom. The molecule has 0 aliphatic carbocycles. The van der Waals surface area contributed by atoms with E-state index in [2.05, 4.69) is 0 Å². The normalized spacial score (nSPS) is 14.8. The van der Waals surface area contributed by atoms with E-state index in [9.17, 15) is 14.4 Å². The van der Waals surface area contributed by atoms with Crippen LogP contribution in [0.2, 0.25) is 0 Å². The van der Waals surface area contributed by atoms with Crippen molar-refractivity contribution >= 4 is 23.9 Å². The molecule has 20 heavy (non-hydrogen) atoms. The molecule has 1 aromatic rings. The molecular formula is C14H9N3O3. The Labute approximate surface area is 114 Å². The largest absolute Gasteiger partial charge is 0.328 e. The van der Waals surface area contributed by atoms with E-state index < -0.39 is 17.8 Å². The summed E-state index contributed by atoms with van der Waals surface area (Å²) in [5, 5.41) is 12.6. The quantitative estimate of drug-likeness (QED) is 0.613. The van der Waals surface area contributed by atoms with Crippen LogP contribution in [0, 0.1) is 11.3 Å². The lowest BCUT2D eigenvalue weighted by molar-refractivity contribution is -0.124. The van der Waals surface area contributed by atoms with E-state index in [1.54, 1.807) is 30.3 Å². The summed E-state index contributed by atoms with van der Waals surface area (Å²) in [5.74, 6) is -1.47. The molecule has 0 atom stereocenters. The number of urea groups is 1. The zero-order valence-electron chi connectivity index (χ0n) is 10.2. The predicted molar refractivity (Wildman–Crippen MR) is 70.0 cm³/mol. The van der Waals surface area contributed by atoms with Crippen LogP contribution in [0.4, 0.5) is 4.79 Å². The van der Waals surface area contributed by atoms with Gasteiger partial charge in [-0.15, -0.1) is 0 Å². The lowest BCUT2D eigenvalue weighted by Crippen LogP contribution is -2.51. The van der Waals surface area contributed by atoms with Gasteiger partial charge in [0.1, 0.15) is 5.57 Å². The van der Waals surface area contributed by atoms with E-state index in [1.807, 2.05) is 16.7 Å². The van der Waals surface area contributed by atoms with Crippen molar-refractivity contribution in [1.82, 2.24) is 10.6 Å². The molecule has 4 amide bonds. The molecule has 1 aromatic carbocycles. The number of hydrogen-bond donors (Lipinski definition) is 2. The molecule has 0 aromatic heterocycles. The fraction of sp³-hybridized carbons (Fsp3) is 0. The van der Waals surface area contributed by atoms with Gasteiger partial charge >= 0.3 is 6.03 Å².